The van der Waals surface area contributed by atoms with Crippen LogP contribution in [-0.2, 0) is 6.42 Å². The molecule has 0 aliphatic carbocycles. The summed E-state index contributed by atoms with van der Waals surface area (Å²) in [4.78, 5) is 9.23. The number of nitrogens with one attached hydrogen (secondary N) is 1. The number of benzene rings is 1. The number of likely N-dealkylation sites (N-methyl/N-ethyl adjacent to an activating group) is 1. The van der Waals surface area contributed by atoms with E-state index in [4.69, 9.17) is 4.98 Å². The maximum absolute atomic E-state index is 4.90. The minimum atomic E-state index is 0.961. The van der Waals surface area contributed by atoms with Crippen LogP contribution in [0.1, 0.15) is 11.3 Å². The van der Waals surface area contributed by atoms with Crippen LogP contribution in [0.5, 0.6) is 0 Å². The monoisotopic (exact) mass is 286 g/mol. The van der Waals surface area contributed by atoms with Gasteiger partial charge in [-0.25, -0.2) is 0 Å². The van der Waals surface area contributed by atoms with Crippen molar-refractivity contribution in [3.05, 3.63) is 29.5 Å². The molecule has 0 amide bonds. The SMILES string of the molecule is CNCCc1c(C)nc2c(N(C)C)cccc2c1N(C)C. The van der Waals surface area contributed by atoms with Gasteiger partial charge in [-0.15, -0.1) is 0 Å². The highest BCUT2D eigenvalue weighted by Gasteiger charge is 2.16. The molecule has 4 heteroatoms. The fourth-order valence-electron chi connectivity index (χ4n) is 2.83. The summed E-state index contributed by atoms with van der Waals surface area (Å²) in [6.45, 7) is 3.08. The average Bonchev–Trinajstić information content (AvgIpc) is 2.43. The molecule has 0 bridgehead atoms. The Morgan fingerprint density at radius 2 is 1.81 bits per heavy atom. The first-order chi connectivity index (χ1) is 9.97. The molecule has 0 saturated heterocycles. The first-order valence-electron chi connectivity index (χ1n) is 7.38. The lowest BCUT2D eigenvalue weighted by Gasteiger charge is -2.24. The van der Waals surface area contributed by atoms with Crippen LogP contribution in [0.15, 0.2) is 18.2 Å². The normalized spacial score (nSPS) is 11.0. The second-order valence-corrected chi connectivity index (χ2v) is 5.84. The minimum Gasteiger partial charge on any atom is -0.377 e. The van der Waals surface area contributed by atoms with Crippen LogP contribution in [0.2, 0.25) is 0 Å². The number of hydrogen-bond acceptors (Lipinski definition) is 4. The fraction of sp³-hybridized carbons (Fsp3) is 0.471. The quantitative estimate of drug-likeness (QED) is 0.915. The largest absolute Gasteiger partial charge is 0.377 e. The Labute approximate surface area is 127 Å². The lowest BCUT2D eigenvalue weighted by atomic mass is 10.0. The summed E-state index contributed by atoms with van der Waals surface area (Å²) in [6, 6.07) is 6.41. The molecule has 21 heavy (non-hydrogen) atoms. The summed E-state index contributed by atoms with van der Waals surface area (Å²) in [5.41, 5.74) is 5.99. The second-order valence-electron chi connectivity index (χ2n) is 5.84. The van der Waals surface area contributed by atoms with E-state index in [1.165, 1.54) is 22.3 Å². The Kier molecular flexibility index (Phi) is 4.68. The van der Waals surface area contributed by atoms with Crippen molar-refractivity contribution in [3.63, 3.8) is 0 Å². The number of hydrogen-bond donors (Lipinski definition) is 1. The van der Waals surface area contributed by atoms with E-state index in [0.29, 0.717) is 0 Å². The van der Waals surface area contributed by atoms with Crippen molar-refractivity contribution in [2.75, 3.05) is 51.6 Å². The number of aryl methyl sites for hydroxylation is 1. The van der Waals surface area contributed by atoms with Crippen molar-refractivity contribution in [2.24, 2.45) is 0 Å². The van der Waals surface area contributed by atoms with Crippen molar-refractivity contribution in [2.45, 2.75) is 13.3 Å². The molecule has 1 aromatic heterocycles. The van der Waals surface area contributed by atoms with Crippen LogP contribution in [-0.4, -0.2) is 46.8 Å². The predicted octanol–water partition coefficient (Wildman–Crippen LogP) is 2.44. The minimum absolute atomic E-state index is 0.961. The zero-order valence-electron chi connectivity index (χ0n) is 14.0. The highest BCUT2D eigenvalue weighted by molar-refractivity contribution is 6.00. The van der Waals surface area contributed by atoms with Crippen molar-refractivity contribution < 1.29 is 0 Å². The molecule has 114 valence electrons. The molecule has 4 nitrogen and oxygen atoms in total. The lowest BCUT2D eigenvalue weighted by molar-refractivity contribution is 0.784. The third-order valence-electron chi connectivity index (χ3n) is 3.83. The maximum Gasteiger partial charge on any atom is 0.0959 e. The van der Waals surface area contributed by atoms with Gasteiger partial charge in [-0.3, -0.25) is 4.98 Å². The third kappa shape index (κ3) is 2.95. The highest BCUT2D eigenvalue weighted by Crippen LogP contribution is 2.34. The van der Waals surface area contributed by atoms with Gasteiger partial charge in [-0.2, -0.15) is 0 Å². The Balaban J connectivity index is 2.76. The molecule has 2 aromatic rings. The first-order valence-corrected chi connectivity index (χ1v) is 7.38. The summed E-state index contributed by atoms with van der Waals surface area (Å²) in [6.07, 6.45) is 0.991. The van der Waals surface area contributed by atoms with Crippen molar-refractivity contribution >= 4 is 22.3 Å². The molecule has 1 N–H and O–H groups in total. The Morgan fingerprint density at radius 1 is 1.10 bits per heavy atom. The molecular weight excluding hydrogens is 260 g/mol. The number of para-hydroxylation sites is 1. The van der Waals surface area contributed by atoms with Gasteiger partial charge in [0.05, 0.1) is 16.9 Å². The average molecular weight is 286 g/mol. The topological polar surface area (TPSA) is 31.4 Å². The number of nitrogens with zero attached hydrogens (tertiary/aromatic N) is 3. The number of pyridine rings is 1. The van der Waals surface area contributed by atoms with Crippen molar-refractivity contribution in [1.82, 2.24) is 10.3 Å². The predicted molar refractivity (Wildman–Crippen MR) is 92.8 cm³/mol. The van der Waals surface area contributed by atoms with Gasteiger partial charge < -0.3 is 15.1 Å². The summed E-state index contributed by atoms with van der Waals surface area (Å²) < 4.78 is 0. The van der Waals surface area contributed by atoms with E-state index in [1.807, 2.05) is 7.05 Å². The van der Waals surface area contributed by atoms with Crippen molar-refractivity contribution in [3.8, 4) is 0 Å². The molecular formula is C17H26N4. The van der Waals surface area contributed by atoms with E-state index in [2.05, 4.69) is 68.4 Å². The van der Waals surface area contributed by atoms with E-state index in [0.717, 1.165) is 24.2 Å². The number of anilines is 2. The summed E-state index contributed by atoms with van der Waals surface area (Å²) in [5, 5.41) is 4.46. The van der Waals surface area contributed by atoms with Gasteiger partial charge in [0.15, 0.2) is 0 Å². The molecule has 0 atom stereocenters. The second kappa shape index (κ2) is 6.31. The van der Waals surface area contributed by atoms with Crippen LogP contribution in [0.3, 0.4) is 0 Å². The molecule has 0 radical (unpaired) electrons. The molecule has 1 heterocycles. The lowest BCUT2D eigenvalue weighted by Crippen LogP contribution is -2.18. The van der Waals surface area contributed by atoms with E-state index < -0.39 is 0 Å². The number of fused-ring (bicyclic) bond motifs is 1. The fourth-order valence-corrected chi connectivity index (χ4v) is 2.83. The molecule has 0 aliphatic heterocycles. The summed E-state index contributed by atoms with van der Waals surface area (Å²) in [5.74, 6) is 0. The van der Waals surface area contributed by atoms with E-state index >= 15 is 0 Å². The smallest absolute Gasteiger partial charge is 0.0959 e. The van der Waals surface area contributed by atoms with Gasteiger partial charge in [-0.05, 0) is 38.6 Å². The first kappa shape index (κ1) is 15.6. The molecule has 1 aromatic carbocycles. The number of aromatic nitrogens is 1. The van der Waals surface area contributed by atoms with Gasteiger partial charge in [-0.1, -0.05) is 12.1 Å². The molecule has 0 fully saturated rings. The van der Waals surface area contributed by atoms with Crippen molar-refractivity contribution in [1.29, 1.82) is 0 Å². The Morgan fingerprint density at radius 3 is 2.38 bits per heavy atom. The van der Waals surface area contributed by atoms with Crippen LogP contribution >= 0.6 is 0 Å². The standard InChI is InChI=1S/C17H26N4/c1-12-13(10-11-18-2)17(21(5)6)14-8-7-9-15(20(3)4)16(14)19-12/h7-9,18H,10-11H2,1-6H3. The van der Waals surface area contributed by atoms with Crippen LogP contribution < -0.4 is 15.1 Å². The summed E-state index contributed by atoms with van der Waals surface area (Å²) >= 11 is 0. The zero-order valence-corrected chi connectivity index (χ0v) is 14.0. The Bertz CT molecular complexity index is 632. The number of rotatable bonds is 5. The van der Waals surface area contributed by atoms with Gasteiger partial charge in [0.25, 0.3) is 0 Å². The van der Waals surface area contributed by atoms with E-state index in [1.54, 1.807) is 0 Å². The molecule has 0 unspecified atom stereocenters. The highest BCUT2D eigenvalue weighted by atomic mass is 15.1. The molecule has 0 saturated carbocycles. The van der Waals surface area contributed by atoms with Gasteiger partial charge in [0.1, 0.15) is 0 Å². The Hall–Kier alpha value is -1.81. The van der Waals surface area contributed by atoms with Gasteiger partial charge >= 0.3 is 0 Å². The van der Waals surface area contributed by atoms with Crippen LogP contribution in [0, 0.1) is 6.92 Å². The van der Waals surface area contributed by atoms with Crippen LogP contribution in [0.25, 0.3) is 10.9 Å². The van der Waals surface area contributed by atoms with Gasteiger partial charge in [0.2, 0.25) is 0 Å². The zero-order chi connectivity index (χ0) is 15.6. The van der Waals surface area contributed by atoms with Crippen LogP contribution in [0.4, 0.5) is 11.4 Å². The summed E-state index contributed by atoms with van der Waals surface area (Å²) in [7, 11) is 10.3. The maximum atomic E-state index is 4.90. The molecule has 0 spiro atoms. The molecule has 0 aliphatic rings. The third-order valence-corrected chi connectivity index (χ3v) is 3.83. The van der Waals surface area contributed by atoms with E-state index in [9.17, 15) is 0 Å². The molecule has 2 rings (SSSR count). The van der Waals surface area contributed by atoms with E-state index in [-0.39, 0.29) is 0 Å². The van der Waals surface area contributed by atoms with Gasteiger partial charge in [0, 0.05) is 39.3 Å².